The Hall–Kier alpha value is -2.88. The van der Waals surface area contributed by atoms with Crippen LogP contribution in [0.1, 0.15) is 23.2 Å². The number of rotatable bonds is 4. The molecule has 0 atom stereocenters. The van der Waals surface area contributed by atoms with Gasteiger partial charge in [0.15, 0.2) is 0 Å². The van der Waals surface area contributed by atoms with Crippen molar-refractivity contribution in [3.63, 3.8) is 0 Å². The molecule has 0 unspecified atom stereocenters. The van der Waals surface area contributed by atoms with E-state index in [1.54, 1.807) is 18.2 Å². The van der Waals surface area contributed by atoms with Crippen LogP contribution in [0.2, 0.25) is 0 Å². The number of carboxylic acid groups (broad SMARTS) is 1. The van der Waals surface area contributed by atoms with Gasteiger partial charge in [0.25, 0.3) is 0 Å². The summed E-state index contributed by atoms with van der Waals surface area (Å²) in [6.45, 7) is 0. The summed E-state index contributed by atoms with van der Waals surface area (Å²) in [5.41, 5.74) is 4.17. The van der Waals surface area contributed by atoms with Crippen LogP contribution in [0.4, 0.5) is 5.69 Å². The first kappa shape index (κ1) is 14.7. The van der Waals surface area contributed by atoms with E-state index >= 15 is 0 Å². The molecule has 0 spiro atoms. The topological polar surface area (TPSA) is 53.4 Å². The van der Waals surface area contributed by atoms with Crippen molar-refractivity contribution in [1.82, 2.24) is 4.98 Å². The van der Waals surface area contributed by atoms with Gasteiger partial charge in [-0.25, -0.2) is 9.78 Å². The van der Waals surface area contributed by atoms with Crippen molar-refractivity contribution in [2.24, 2.45) is 0 Å². The summed E-state index contributed by atoms with van der Waals surface area (Å²) in [5.74, 6) is -0.916. The first-order chi connectivity index (χ1) is 11.6. The lowest BCUT2D eigenvalue weighted by atomic mass is 10.0. The van der Waals surface area contributed by atoms with Gasteiger partial charge in [0, 0.05) is 24.0 Å². The number of hydrogen-bond donors (Lipinski definition) is 1. The number of aromatic nitrogens is 1. The van der Waals surface area contributed by atoms with Gasteiger partial charge in [0.2, 0.25) is 0 Å². The van der Waals surface area contributed by atoms with Crippen molar-refractivity contribution in [3.8, 4) is 11.3 Å². The van der Waals surface area contributed by atoms with E-state index in [0.717, 1.165) is 27.8 Å². The van der Waals surface area contributed by atoms with Crippen molar-refractivity contribution < 1.29 is 9.90 Å². The lowest BCUT2D eigenvalue weighted by Crippen LogP contribution is -2.20. The molecular formula is C20H18N2O2. The largest absolute Gasteiger partial charge is 0.478 e. The minimum absolute atomic E-state index is 0.289. The Labute approximate surface area is 140 Å². The number of benzene rings is 2. The monoisotopic (exact) mass is 318 g/mol. The Kier molecular flexibility index (Phi) is 3.45. The highest BCUT2D eigenvalue weighted by Gasteiger charge is 2.28. The van der Waals surface area contributed by atoms with Gasteiger partial charge < -0.3 is 10.0 Å². The van der Waals surface area contributed by atoms with Gasteiger partial charge in [-0.2, -0.15) is 0 Å². The maximum atomic E-state index is 11.2. The number of carbonyl (C=O) groups is 1. The SMILES string of the molecule is CN(c1cc2cc(C(=O)O)ccc2nc1-c1ccccc1)C1CC1. The normalized spacial score (nSPS) is 13.9. The molecule has 0 bridgehead atoms. The van der Waals surface area contributed by atoms with E-state index in [4.69, 9.17) is 4.98 Å². The molecular weight excluding hydrogens is 300 g/mol. The number of nitrogens with zero attached hydrogens (tertiary/aromatic N) is 2. The third-order valence-corrected chi connectivity index (χ3v) is 4.56. The number of fused-ring (bicyclic) bond motifs is 1. The van der Waals surface area contributed by atoms with Crippen LogP contribution in [0.15, 0.2) is 54.6 Å². The van der Waals surface area contributed by atoms with Crippen LogP contribution in [0.5, 0.6) is 0 Å². The Morgan fingerprint density at radius 2 is 1.88 bits per heavy atom. The van der Waals surface area contributed by atoms with Crippen LogP contribution in [-0.4, -0.2) is 29.1 Å². The van der Waals surface area contributed by atoms with Crippen molar-refractivity contribution in [2.75, 3.05) is 11.9 Å². The molecule has 1 saturated carbocycles. The molecule has 0 radical (unpaired) electrons. The lowest BCUT2D eigenvalue weighted by Gasteiger charge is -2.22. The zero-order valence-corrected chi connectivity index (χ0v) is 13.4. The van der Waals surface area contributed by atoms with Crippen LogP contribution in [0.25, 0.3) is 22.2 Å². The highest BCUT2D eigenvalue weighted by Crippen LogP contribution is 2.37. The predicted octanol–water partition coefficient (Wildman–Crippen LogP) is 4.20. The Bertz CT molecular complexity index is 918. The molecule has 2 aromatic carbocycles. The summed E-state index contributed by atoms with van der Waals surface area (Å²) < 4.78 is 0. The van der Waals surface area contributed by atoms with Crippen LogP contribution in [-0.2, 0) is 0 Å². The second-order valence-electron chi connectivity index (χ2n) is 6.28. The van der Waals surface area contributed by atoms with E-state index in [1.165, 1.54) is 12.8 Å². The van der Waals surface area contributed by atoms with E-state index in [2.05, 4.69) is 30.1 Å². The molecule has 1 aliphatic rings. The molecule has 0 aliphatic heterocycles. The summed E-state index contributed by atoms with van der Waals surface area (Å²) in [7, 11) is 2.09. The van der Waals surface area contributed by atoms with Gasteiger partial charge in [-0.3, -0.25) is 0 Å². The highest BCUT2D eigenvalue weighted by atomic mass is 16.4. The third-order valence-electron chi connectivity index (χ3n) is 4.56. The highest BCUT2D eigenvalue weighted by molar-refractivity contribution is 5.96. The smallest absolute Gasteiger partial charge is 0.335 e. The first-order valence-corrected chi connectivity index (χ1v) is 8.10. The third kappa shape index (κ3) is 2.60. The molecule has 4 rings (SSSR count). The van der Waals surface area contributed by atoms with Gasteiger partial charge in [-0.15, -0.1) is 0 Å². The molecule has 0 amide bonds. The van der Waals surface area contributed by atoms with Crippen molar-refractivity contribution >= 4 is 22.6 Å². The van der Waals surface area contributed by atoms with E-state index < -0.39 is 5.97 Å². The fraction of sp³-hybridized carbons (Fsp3) is 0.200. The van der Waals surface area contributed by atoms with Gasteiger partial charge >= 0.3 is 5.97 Å². The standard InChI is InChI=1S/C20H18N2O2/c1-22(16-8-9-16)18-12-15-11-14(20(23)24)7-10-17(15)21-19(18)13-5-3-2-4-6-13/h2-7,10-12,16H,8-9H2,1H3,(H,23,24). The van der Waals surface area contributed by atoms with Crippen LogP contribution in [0.3, 0.4) is 0 Å². The van der Waals surface area contributed by atoms with E-state index in [9.17, 15) is 9.90 Å². The van der Waals surface area contributed by atoms with E-state index in [1.807, 2.05) is 18.2 Å². The summed E-state index contributed by atoms with van der Waals surface area (Å²) in [6, 6.07) is 17.8. The van der Waals surface area contributed by atoms with Gasteiger partial charge in [0.05, 0.1) is 22.5 Å². The fourth-order valence-corrected chi connectivity index (χ4v) is 3.03. The summed E-state index contributed by atoms with van der Waals surface area (Å²) in [4.78, 5) is 18.3. The molecule has 1 aromatic heterocycles. The molecule has 3 aromatic rings. The van der Waals surface area contributed by atoms with Gasteiger partial charge in [0.1, 0.15) is 0 Å². The summed E-state index contributed by atoms with van der Waals surface area (Å²) in [6.07, 6.45) is 2.38. The Morgan fingerprint density at radius 1 is 1.12 bits per heavy atom. The number of carboxylic acids is 1. The second-order valence-corrected chi connectivity index (χ2v) is 6.28. The maximum absolute atomic E-state index is 11.2. The van der Waals surface area contributed by atoms with Crippen molar-refractivity contribution in [1.29, 1.82) is 0 Å². The molecule has 1 heterocycles. The van der Waals surface area contributed by atoms with Crippen LogP contribution >= 0.6 is 0 Å². The second kappa shape index (κ2) is 5.64. The molecule has 4 heteroatoms. The summed E-state index contributed by atoms with van der Waals surface area (Å²) >= 11 is 0. The zero-order valence-electron chi connectivity index (χ0n) is 13.4. The quantitative estimate of drug-likeness (QED) is 0.783. The van der Waals surface area contributed by atoms with Crippen LogP contribution < -0.4 is 4.90 Å². The molecule has 1 aliphatic carbocycles. The number of anilines is 1. The molecule has 1 N–H and O–H groups in total. The minimum Gasteiger partial charge on any atom is -0.478 e. The molecule has 0 saturated heterocycles. The summed E-state index contributed by atoms with van der Waals surface area (Å²) in [5, 5.41) is 10.1. The number of aromatic carboxylic acids is 1. The molecule has 24 heavy (non-hydrogen) atoms. The average Bonchev–Trinajstić information content (AvgIpc) is 3.45. The Morgan fingerprint density at radius 3 is 2.54 bits per heavy atom. The van der Waals surface area contributed by atoms with Crippen LogP contribution in [0, 0.1) is 0 Å². The van der Waals surface area contributed by atoms with Crippen molar-refractivity contribution in [3.05, 3.63) is 60.2 Å². The van der Waals surface area contributed by atoms with Gasteiger partial charge in [-0.05, 0) is 37.1 Å². The zero-order chi connectivity index (χ0) is 16.7. The predicted molar refractivity (Wildman–Crippen MR) is 95.6 cm³/mol. The number of hydrogen-bond acceptors (Lipinski definition) is 3. The average molecular weight is 318 g/mol. The van der Waals surface area contributed by atoms with E-state index in [0.29, 0.717) is 6.04 Å². The minimum atomic E-state index is -0.916. The molecule has 120 valence electrons. The lowest BCUT2D eigenvalue weighted by molar-refractivity contribution is 0.0697. The maximum Gasteiger partial charge on any atom is 0.335 e. The van der Waals surface area contributed by atoms with Crippen molar-refractivity contribution in [2.45, 2.75) is 18.9 Å². The van der Waals surface area contributed by atoms with Gasteiger partial charge in [-0.1, -0.05) is 30.3 Å². The first-order valence-electron chi connectivity index (χ1n) is 8.10. The number of pyridine rings is 1. The molecule has 1 fully saturated rings. The Balaban J connectivity index is 1.93. The molecule has 4 nitrogen and oxygen atoms in total. The van der Waals surface area contributed by atoms with E-state index in [-0.39, 0.29) is 5.56 Å². The fourth-order valence-electron chi connectivity index (χ4n) is 3.03.